The van der Waals surface area contributed by atoms with Crippen LogP contribution in [-0.4, -0.2) is 75.5 Å². The number of amides is 1. The Bertz CT molecular complexity index is 1210. The molecule has 1 saturated heterocycles. The fourth-order valence-electron chi connectivity index (χ4n) is 3.89. The van der Waals surface area contributed by atoms with Crippen molar-refractivity contribution in [3.05, 3.63) is 59.2 Å². The zero-order valence-corrected chi connectivity index (χ0v) is 21.1. The van der Waals surface area contributed by atoms with Gasteiger partial charge in [0.15, 0.2) is 0 Å². The summed E-state index contributed by atoms with van der Waals surface area (Å²) in [5.74, 6) is -0.307. The molecular weight excluding hydrogens is 462 g/mol. The van der Waals surface area contributed by atoms with Crippen LogP contribution in [0.4, 0.5) is 0 Å². The lowest BCUT2D eigenvalue weighted by Crippen LogP contribution is -2.50. The summed E-state index contributed by atoms with van der Waals surface area (Å²) in [6.45, 7) is 8.65. The van der Waals surface area contributed by atoms with Crippen molar-refractivity contribution < 1.29 is 21.6 Å². The standard InChI is InChI=1S/C23H31N3O5S2/c1-5-25(6-2)33(30,31)22-17-20(10-9-19(22)4)23(27)24-13-15-26(16-14-24)32(28,29)21-11-7-18(3)8-12-21/h7-12,17H,5-6,13-16H2,1-4H3. The van der Waals surface area contributed by atoms with Gasteiger partial charge in [0.05, 0.1) is 9.79 Å². The maximum Gasteiger partial charge on any atom is 0.253 e. The van der Waals surface area contributed by atoms with Gasteiger partial charge in [-0.15, -0.1) is 0 Å². The fraction of sp³-hybridized carbons (Fsp3) is 0.435. The van der Waals surface area contributed by atoms with Gasteiger partial charge in [0.2, 0.25) is 20.0 Å². The smallest absolute Gasteiger partial charge is 0.253 e. The third-order valence-corrected chi connectivity index (χ3v) is 10.0. The maximum atomic E-state index is 13.1. The van der Waals surface area contributed by atoms with Crippen molar-refractivity contribution in [2.75, 3.05) is 39.3 Å². The Morgan fingerprint density at radius 1 is 0.879 bits per heavy atom. The van der Waals surface area contributed by atoms with Crippen molar-refractivity contribution in [1.29, 1.82) is 0 Å². The van der Waals surface area contributed by atoms with Gasteiger partial charge >= 0.3 is 0 Å². The van der Waals surface area contributed by atoms with Crippen molar-refractivity contribution in [2.45, 2.75) is 37.5 Å². The lowest BCUT2D eigenvalue weighted by atomic mass is 10.1. The van der Waals surface area contributed by atoms with Crippen LogP contribution in [0.2, 0.25) is 0 Å². The summed E-state index contributed by atoms with van der Waals surface area (Å²) in [5.41, 5.74) is 1.83. The predicted octanol–water partition coefficient (Wildman–Crippen LogP) is 2.48. The van der Waals surface area contributed by atoms with Gasteiger partial charge in [0.25, 0.3) is 5.91 Å². The van der Waals surface area contributed by atoms with E-state index in [1.807, 2.05) is 6.92 Å². The average molecular weight is 494 g/mol. The van der Waals surface area contributed by atoms with Crippen molar-refractivity contribution in [3.8, 4) is 0 Å². The van der Waals surface area contributed by atoms with Gasteiger partial charge < -0.3 is 4.90 Å². The van der Waals surface area contributed by atoms with Gasteiger partial charge in [-0.3, -0.25) is 4.79 Å². The van der Waals surface area contributed by atoms with Crippen LogP contribution >= 0.6 is 0 Å². The summed E-state index contributed by atoms with van der Waals surface area (Å²) in [6, 6.07) is 11.4. The van der Waals surface area contributed by atoms with Gasteiger partial charge in [0.1, 0.15) is 0 Å². The second-order valence-corrected chi connectivity index (χ2v) is 11.9. The number of hydrogen-bond donors (Lipinski definition) is 0. The van der Waals surface area contributed by atoms with E-state index in [-0.39, 0.29) is 47.4 Å². The van der Waals surface area contributed by atoms with Crippen LogP contribution in [0.15, 0.2) is 52.3 Å². The van der Waals surface area contributed by atoms with Gasteiger partial charge in [-0.2, -0.15) is 8.61 Å². The van der Waals surface area contributed by atoms with E-state index in [1.165, 1.54) is 14.7 Å². The van der Waals surface area contributed by atoms with Gasteiger partial charge in [-0.1, -0.05) is 37.6 Å². The van der Waals surface area contributed by atoms with Crippen LogP contribution in [0, 0.1) is 13.8 Å². The molecule has 1 aliphatic heterocycles. The molecule has 1 amide bonds. The molecule has 0 radical (unpaired) electrons. The Morgan fingerprint density at radius 2 is 1.45 bits per heavy atom. The molecule has 1 heterocycles. The summed E-state index contributed by atoms with van der Waals surface area (Å²) in [6.07, 6.45) is 0. The minimum Gasteiger partial charge on any atom is -0.336 e. The van der Waals surface area contributed by atoms with Crippen LogP contribution in [0.3, 0.4) is 0 Å². The number of carbonyl (C=O) groups is 1. The molecule has 0 aliphatic carbocycles. The van der Waals surface area contributed by atoms with Crippen molar-refractivity contribution >= 4 is 26.0 Å². The largest absolute Gasteiger partial charge is 0.336 e. The van der Waals surface area contributed by atoms with E-state index in [4.69, 9.17) is 0 Å². The normalized spacial score (nSPS) is 15.7. The van der Waals surface area contributed by atoms with E-state index in [2.05, 4.69) is 0 Å². The topological polar surface area (TPSA) is 95.1 Å². The van der Waals surface area contributed by atoms with Gasteiger partial charge in [-0.25, -0.2) is 16.8 Å². The molecular formula is C23H31N3O5S2. The molecule has 3 rings (SSSR count). The van der Waals surface area contributed by atoms with Crippen LogP contribution < -0.4 is 0 Å². The zero-order chi connectivity index (χ0) is 24.4. The lowest BCUT2D eigenvalue weighted by Gasteiger charge is -2.34. The minimum atomic E-state index is -3.71. The molecule has 33 heavy (non-hydrogen) atoms. The first kappa shape index (κ1) is 25.4. The highest BCUT2D eigenvalue weighted by atomic mass is 32.2. The SMILES string of the molecule is CCN(CC)S(=O)(=O)c1cc(C(=O)N2CCN(S(=O)(=O)c3ccc(C)cc3)CC2)ccc1C. The molecule has 2 aromatic carbocycles. The number of aryl methyl sites for hydroxylation is 2. The zero-order valence-electron chi connectivity index (χ0n) is 19.5. The van der Waals surface area contributed by atoms with Crippen LogP contribution in [0.5, 0.6) is 0 Å². The number of piperazine rings is 1. The first-order chi connectivity index (χ1) is 15.5. The molecule has 1 fully saturated rings. The van der Waals surface area contributed by atoms with Gasteiger partial charge in [0, 0.05) is 44.8 Å². The average Bonchev–Trinajstić information content (AvgIpc) is 2.80. The van der Waals surface area contributed by atoms with Crippen molar-refractivity contribution in [1.82, 2.24) is 13.5 Å². The summed E-state index contributed by atoms with van der Waals surface area (Å²) >= 11 is 0. The molecule has 10 heteroatoms. The van der Waals surface area contributed by atoms with E-state index in [0.717, 1.165) is 5.56 Å². The highest BCUT2D eigenvalue weighted by molar-refractivity contribution is 7.89. The second-order valence-electron chi connectivity index (χ2n) is 8.08. The van der Waals surface area contributed by atoms with E-state index >= 15 is 0 Å². The molecule has 180 valence electrons. The predicted molar refractivity (Wildman–Crippen MR) is 127 cm³/mol. The number of benzene rings is 2. The van der Waals surface area contributed by atoms with Crippen LogP contribution in [-0.2, 0) is 20.0 Å². The van der Waals surface area contributed by atoms with E-state index in [0.29, 0.717) is 18.7 Å². The number of carbonyl (C=O) groups excluding carboxylic acids is 1. The molecule has 0 N–H and O–H groups in total. The molecule has 0 saturated carbocycles. The van der Waals surface area contributed by atoms with E-state index in [9.17, 15) is 21.6 Å². The Kier molecular flexibility index (Phi) is 7.62. The molecule has 0 atom stereocenters. The first-order valence-corrected chi connectivity index (χ1v) is 13.9. The quantitative estimate of drug-likeness (QED) is 0.591. The van der Waals surface area contributed by atoms with Crippen LogP contribution in [0.1, 0.15) is 35.3 Å². The second kappa shape index (κ2) is 9.92. The van der Waals surface area contributed by atoms with Gasteiger partial charge in [-0.05, 0) is 43.7 Å². The third-order valence-electron chi connectivity index (χ3n) is 5.94. The highest BCUT2D eigenvalue weighted by Gasteiger charge is 2.31. The number of hydrogen-bond acceptors (Lipinski definition) is 5. The Balaban J connectivity index is 1.77. The molecule has 8 nitrogen and oxygen atoms in total. The Morgan fingerprint density at radius 3 is 2.00 bits per heavy atom. The van der Waals surface area contributed by atoms with Crippen molar-refractivity contribution in [2.24, 2.45) is 0 Å². The Hall–Kier alpha value is -2.27. The van der Waals surface area contributed by atoms with Crippen LogP contribution in [0.25, 0.3) is 0 Å². The molecule has 0 aromatic heterocycles. The summed E-state index contributed by atoms with van der Waals surface area (Å²) in [5, 5.41) is 0. The lowest BCUT2D eigenvalue weighted by molar-refractivity contribution is 0.0697. The molecule has 2 aromatic rings. The number of rotatable bonds is 7. The third kappa shape index (κ3) is 5.13. The Labute approximate surface area is 196 Å². The highest BCUT2D eigenvalue weighted by Crippen LogP contribution is 2.23. The number of sulfonamides is 2. The molecule has 0 bridgehead atoms. The van der Waals surface area contributed by atoms with Crippen molar-refractivity contribution in [3.63, 3.8) is 0 Å². The molecule has 1 aliphatic rings. The maximum absolute atomic E-state index is 13.1. The van der Waals surface area contributed by atoms with E-state index in [1.54, 1.807) is 62.1 Å². The van der Waals surface area contributed by atoms with E-state index < -0.39 is 20.0 Å². The molecule has 0 spiro atoms. The number of nitrogens with zero attached hydrogens (tertiary/aromatic N) is 3. The fourth-order valence-corrected chi connectivity index (χ4v) is 7.02. The summed E-state index contributed by atoms with van der Waals surface area (Å²) < 4.78 is 54.6. The minimum absolute atomic E-state index is 0.123. The summed E-state index contributed by atoms with van der Waals surface area (Å²) in [7, 11) is -7.33. The summed E-state index contributed by atoms with van der Waals surface area (Å²) in [4.78, 5) is 15.0. The first-order valence-electron chi connectivity index (χ1n) is 11.0. The monoisotopic (exact) mass is 493 g/mol. The molecule has 0 unspecified atom stereocenters.